The largest absolute Gasteiger partial charge is 0.349 e. The second-order valence-electron chi connectivity index (χ2n) is 4.23. The Morgan fingerprint density at radius 1 is 1.71 bits per heavy atom. The molecule has 2 heterocycles. The average Bonchev–Trinajstić information content (AvgIpc) is 2.83. The Morgan fingerprint density at radius 2 is 2.59 bits per heavy atom. The highest BCUT2D eigenvalue weighted by Gasteiger charge is 2.18. The van der Waals surface area contributed by atoms with E-state index in [2.05, 4.69) is 16.7 Å². The van der Waals surface area contributed by atoms with Crippen LogP contribution >= 0.6 is 23.1 Å². The summed E-state index contributed by atoms with van der Waals surface area (Å²) in [6.45, 7) is 3.05. The average molecular weight is 270 g/mol. The Kier molecular flexibility index (Phi) is 4.88. The Hall–Kier alpha value is -0.520. The first-order valence-corrected chi connectivity index (χ1v) is 7.93. The molecule has 0 bridgehead atoms. The predicted octanol–water partition coefficient (Wildman–Crippen LogP) is 2.02. The zero-order valence-electron chi connectivity index (χ0n) is 9.94. The lowest BCUT2D eigenvalue weighted by Gasteiger charge is -2.23. The number of hydrogen-bond acceptors (Lipinski definition) is 4. The number of carbonyl (C=O) groups excluding carboxylic acids is 1. The van der Waals surface area contributed by atoms with Crippen LogP contribution in [0.25, 0.3) is 0 Å². The van der Waals surface area contributed by atoms with E-state index in [0.29, 0.717) is 12.5 Å². The van der Waals surface area contributed by atoms with E-state index in [1.54, 1.807) is 11.3 Å². The van der Waals surface area contributed by atoms with E-state index < -0.39 is 0 Å². The van der Waals surface area contributed by atoms with Gasteiger partial charge in [-0.25, -0.2) is 0 Å². The molecule has 2 atom stereocenters. The van der Waals surface area contributed by atoms with Crippen molar-refractivity contribution in [2.45, 2.75) is 25.4 Å². The van der Waals surface area contributed by atoms with E-state index in [1.165, 1.54) is 4.88 Å². The van der Waals surface area contributed by atoms with Crippen LogP contribution in [0.2, 0.25) is 0 Å². The van der Waals surface area contributed by atoms with Gasteiger partial charge in [0.2, 0.25) is 5.91 Å². The van der Waals surface area contributed by atoms with Crippen molar-refractivity contribution in [3.05, 3.63) is 22.4 Å². The Labute approximate surface area is 110 Å². The SMILES string of the molecule is C[C@H](NC(=O)CC1CSCCN1)c1cccs1. The Balaban J connectivity index is 1.76. The van der Waals surface area contributed by atoms with Crippen molar-refractivity contribution in [2.75, 3.05) is 18.1 Å². The maximum Gasteiger partial charge on any atom is 0.222 e. The van der Waals surface area contributed by atoms with Gasteiger partial charge in [-0.05, 0) is 18.4 Å². The van der Waals surface area contributed by atoms with Crippen LogP contribution in [0, 0.1) is 0 Å². The lowest BCUT2D eigenvalue weighted by Crippen LogP contribution is -2.41. The molecule has 17 heavy (non-hydrogen) atoms. The monoisotopic (exact) mass is 270 g/mol. The number of thioether (sulfide) groups is 1. The van der Waals surface area contributed by atoms with E-state index in [9.17, 15) is 4.79 Å². The van der Waals surface area contributed by atoms with Crippen LogP contribution in [-0.4, -0.2) is 30.0 Å². The number of rotatable bonds is 4. The number of carbonyl (C=O) groups is 1. The zero-order chi connectivity index (χ0) is 12.1. The van der Waals surface area contributed by atoms with Crippen molar-refractivity contribution < 1.29 is 4.79 Å². The molecule has 94 valence electrons. The molecule has 1 aromatic heterocycles. The van der Waals surface area contributed by atoms with Crippen LogP contribution in [0.15, 0.2) is 17.5 Å². The third-order valence-corrected chi connectivity index (χ3v) is 4.96. The maximum atomic E-state index is 11.9. The van der Waals surface area contributed by atoms with E-state index in [0.717, 1.165) is 18.1 Å². The second kappa shape index (κ2) is 6.42. The number of nitrogens with one attached hydrogen (secondary N) is 2. The molecule has 1 unspecified atom stereocenters. The number of hydrogen-bond donors (Lipinski definition) is 2. The van der Waals surface area contributed by atoms with Gasteiger partial charge in [0.25, 0.3) is 0 Å². The normalized spacial score (nSPS) is 22.1. The first kappa shape index (κ1) is 12.9. The molecule has 1 aromatic rings. The van der Waals surface area contributed by atoms with Crippen molar-refractivity contribution in [2.24, 2.45) is 0 Å². The van der Waals surface area contributed by atoms with Gasteiger partial charge in [-0.1, -0.05) is 6.07 Å². The fraction of sp³-hybridized carbons (Fsp3) is 0.583. The summed E-state index contributed by atoms with van der Waals surface area (Å²) in [7, 11) is 0. The molecule has 0 aliphatic carbocycles. The molecule has 1 amide bonds. The van der Waals surface area contributed by atoms with Gasteiger partial charge in [-0.3, -0.25) is 4.79 Å². The van der Waals surface area contributed by atoms with Crippen LogP contribution < -0.4 is 10.6 Å². The smallest absolute Gasteiger partial charge is 0.222 e. The molecule has 1 saturated heterocycles. The van der Waals surface area contributed by atoms with Gasteiger partial charge in [0, 0.05) is 35.4 Å². The van der Waals surface area contributed by atoms with E-state index in [1.807, 2.05) is 30.1 Å². The molecule has 0 radical (unpaired) electrons. The Morgan fingerprint density at radius 3 is 3.24 bits per heavy atom. The zero-order valence-corrected chi connectivity index (χ0v) is 11.6. The summed E-state index contributed by atoms with van der Waals surface area (Å²) in [6, 6.07) is 4.54. The van der Waals surface area contributed by atoms with Crippen molar-refractivity contribution in [1.29, 1.82) is 0 Å². The van der Waals surface area contributed by atoms with Gasteiger partial charge in [-0.2, -0.15) is 11.8 Å². The third kappa shape index (κ3) is 4.01. The van der Waals surface area contributed by atoms with Gasteiger partial charge in [-0.15, -0.1) is 11.3 Å². The minimum Gasteiger partial charge on any atom is -0.349 e. The summed E-state index contributed by atoms with van der Waals surface area (Å²) < 4.78 is 0. The highest BCUT2D eigenvalue weighted by Crippen LogP contribution is 2.18. The standard InChI is InChI=1S/C12H18N2OS2/c1-9(11-3-2-5-17-11)14-12(15)7-10-8-16-6-4-13-10/h2-3,5,9-10,13H,4,6-8H2,1H3,(H,14,15)/t9-,10?/m0/s1. The molecule has 1 fully saturated rings. The van der Waals surface area contributed by atoms with Crippen molar-refractivity contribution in [3.63, 3.8) is 0 Å². The van der Waals surface area contributed by atoms with Crippen molar-refractivity contribution in [3.8, 4) is 0 Å². The van der Waals surface area contributed by atoms with Crippen LogP contribution in [0.3, 0.4) is 0 Å². The summed E-state index contributed by atoms with van der Waals surface area (Å²) in [6.07, 6.45) is 0.586. The summed E-state index contributed by atoms with van der Waals surface area (Å²) in [5.74, 6) is 2.34. The number of amides is 1. The van der Waals surface area contributed by atoms with Crippen LogP contribution in [-0.2, 0) is 4.79 Å². The van der Waals surface area contributed by atoms with Crippen molar-refractivity contribution in [1.82, 2.24) is 10.6 Å². The van der Waals surface area contributed by atoms with Gasteiger partial charge < -0.3 is 10.6 Å². The lowest BCUT2D eigenvalue weighted by molar-refractivity contribution is -0.122. The summed E-state index contributed by atoms with van der Waals surface area (Å²) in [5.41, 5.74) is 0. The highest BCUT2D eigenvalue weighted by molar-refractivity contribution is 7.99. The molecule has 0 spiro atoms. The second-order valence-corrected chi connectivity index (χ2v) is 6.36. The molecule has 2 N–H and O–H groups in total. The van der Waals surface area contributed by atoms with E-state index in [4.69, 9.17) is 0 Å². The topological polar surface area (TPSA) is 41.1 Å². The van der Waals surface area contributed by atoms with Gasteiger partial charge >= 0.3 is 0 Å². The molecule has 1 aliphatic heterocycles. The summed E-state index contributed by atoms with van der Waals surface area (Å²) in [4.78, 5) is 13.1. The molecule has 3 nitrogen and oxygen atoms in total. The van der Waals surface area contributed by atoms with Crippen LogP contribution in [0.1, 0.15) is 24.3 Å². The first-order valence-electron chi connectivity index (χ1n) is 5.89. The van der Waals surface area contributed by atoms with Crippen LogP contribution in [0.5, 0.6) is 0 Å². The van der Waals surface area contributed by atoms with Gasteiger partial charge in [0.05, 0.1) is 6.04 Å². The van der Waals surface area contributed by atoms with Crippen molar-refractivity contribution >= 4 is 29.0 Å². The fourth-order valence-electron chi connectivity index (χ4n) is 1.88. The quantitative estimate of drug-likeness (QED) is 0.879. The molecular formula is C12H18N2OS2. The van der Waals surface area contributed by atoms with Crippen LogP contribution in [0.4, 0.5) is 0 Å². The minimum atomic E-state index is 0.124. The lowest BCUT2D eigenvalue weighted by atomic mass is 10.2. The van der Waals surface area contributed by atoms with Gasteiger partial charge in [0.15, 0.2) is 0 Å². The molecular weight excluding hydrogens is 252 g/mol. The van der Waals surface area contributed by atoms with E-state index in [-0.39, 0.29) is 11.9 Å². The minimum absolute atomic E-state index is 0.124. The molecule has 1 aliphatic rings. The molecule has 2 rings (SSSR count). The number of thiophene rings is 1. The maximum absolute atomic E-state index is 11.9. The summed E-state index contributed by atoms with van der Waals surface area (Å²) in [5, 5.41) is 8.47. The summed E-state index contributed by atoms with van der Waals surface area (Å²) >= 11 is 3.61. The molecule has 5 heteroatoms. The van der Waals surface area contributed by atoms with Gasteiger partial charge in [0.1, 0.15) is 0 Å². The Bertz CT molecular complexity index is 347. The first-order chi connectivity index (χ1) is 8.25. The third-order valence-electron chi connectivity index (χ3n) is 2.78. The molecule has 0 saturated carbocycles. The predicted molar refractivity (Wildman–Crippen MR) is 74.6 cm³/mol. The highest BCUT2D eigenvalue weighted by atomic mass is 32.2. The van der Waals surface area contributed by atoms with E-state index >= 15 is 0 Å². The molecule has 0 aromatic carbocycles. The fourth-order valence-corrected chi connectivity index (χ4v) is 3.57.